The first-order valence-electron chi connectivity index (χ1n) is 11.1. The first-order valence-corrected chi connectivity index (χ1v) is 11.1. The Hall–Kier alpha value is -0.900. The minimum atomic E-state index is 0. The van der Waals surface area contributed by atoms with E-state index < -0.39 is 0 Å². The van der Waals surface area contributed by atoms with Crippen LogP contribution in [0.5, 0.6) is 0 Å². The molecular formula is C23H39IN4O2. The van der Waals surface area contributed by atoms with Gasteiger partial charge in [0.1, 0.15) is 0 Å². The molecule has 2 unspecified atom stereocenters. The van der Waals surface area contributed by atoms with Crippen molar-refractivity contribution in [3.8, 4) is 0 Å². The Kier molecular flexibility index (Phi) is 11.4. The standard InChI is InChI=1S/C23H38N4O2.HI/c1-18(2)28-16-14-27-12-9-21(10-13-27)26-23(24-3)25-17-20-11-15-29-22(20)19-7-5-4-6-8-19;/h4-8,18,20-22H,9-17H2,1-3H3,(H2,24,25,26);1H. The van der Waals surface area contributed by atoms with Crippen molar-refractivity contribution < 1.29 is 9.47 Å². The van der Waals surface area contributed by atoms with Crippen LogP contribution in [-0.4, -0.2) is 69.4 Å². The van der Waals surface area contributed by atoms with Crippen LogP contribution in [0.2, 0.25) is 0 Å². The smallest absolute Gasteiger partial charge is 0.191 e. The molecule has 0 spiro atoms. The fourth-order valence-corrected chi connectivity index (χ4v) is 4.19. The van der Waals surface area contributed by atoms with Crippen LogP contribution in [0.15, 0.2) is 35.3 Å². The molecule has 3 rings (SSSR count). The molecule has 0 bridgehead atoms. The lowest BCUT2D eigenvalue weighted by Gasteiger charge is -2.33. The number of ether oxygens (including phenoxy) is 2. The summed E-state index contributed by atoms with van der Waals surface area (Å²) in [4.78, 5) is 6.95. The third kappa shape index (κ3) is 7.98. The largest absolute Gasteiger partial charge is 0.377 e. The van der Waals surface area contributed by atoms with Crippen molar-refractivity contribution in [2.45, 2.75) is 51.4 Å². The minimum Gasteiger partial charge on any atom is -0.377 e. The number of hydrogen-bond acceptors (Lipinski definition) is 4. The molecule has 0 aliphatic carbocycles. The van der Waals surface area contributed by atoms with Crippen LogP contribution in [-0.2, 0) is 9.47 Å². The molecule has 0 radical (unpaired) electrons. The van der Waals surface area contributed by atoms with E-state index in [1.165, 1.54) is 5.56 Å². The highest BCUT2D eigenvalue weighted by Crippen LogP contribution is 2.33. The number of nitrogens with one attached hydrogen (secondary N) is 2. The molecule has 2 fully saturated rings. The third-order valence-corrected chi connectivity index (χ3v) is 5.88. The van der Waals surface area contributed by atoms with E-state index in [2.05, 4.69) is 64.7 Å². The van der Waals surface area contributed by atoms with Gasteiger partial charge in [-0.05, 0) is 38.7 Å². The molecule has 2 saturated heterocycles. The Morgan fingerprint density at radius 2 is 1.93 bits per heavy atom. The average Bonchev–Trinajstić information content (AvgIpc) is 3.21. The predicted octanol–water partition coefficient (Wildman–Crippen LogP) is 3.44. The van der Waals surface area contributed by atoms with Crippen molar-refractivity contribution in [3.63, 3.8) is 0 Å². The molecule has 7 heteroatoms. The summed E-state index contributed by atoms with van der Waals surface area (Å²) in [5.41, 5.74) is 1.27. The molecule has 30 heavy (non-hydrogen) atoms. The summed E-state index contributed by atoms with van der Waals surface area (Å²) in [6, 6.07) is 11.0. The van der Waals surface area contributed by atoms with E-state index >= 15 is 0 Å². The van der Waals surface area contributed by atoms with Crippen LogP contribution < -0.4 is 10.6 Å². The Morgan fingerprint density at radius 3 is 2.60 bits per heavy atom. The van der Waals surface area contributed by atoms with E-state index in [0.29, 0.717) is 18.1 Å². The molecular weight excluding hydrogens is 491 g/mol. The molecule has 2 aliphatic heterocycles. The van der Waals surface area contributed by atoms with Gasteiger partial charge in [-0.25, -0.2) is 0 Å². The topological polar surface area (TPSA) is 58.1 Å². The molecule has 2 atom stereocenters. The van der Waals surface area contributed by atoms with Crippen molar-refractivity contribution in [2.24, 2.45) is 10.9 Å². The van der Waals surface area contributed by atoms with Gasteiger partial charge in [0.2, 0.25) is 0 Å². The van der Waals surface area contributed by atoms with Gasteiger partial charge in [0.25, 0.3) is 0 Å². The summed E-state index contributed by atoms with van der Waals surface area (Å²) < 4.78 is 11.7. The second-order valence-corrected chi connectivity index (χ2v) is 8.38. The fourth-order valence-electron chi connectivity index (χ4n) is 4.19. The van der Waals surface area contributed by atoms with Gasteiger partial charge >= 0.3 is 0 Å². The van der Waals surface area contributed by atoms with Gasteiger partial charge < -0.3 is 25.0 Å². The normalized spacial score (nSPS) is 23.4. The molecule has 170 valence electrons. The van der Waals surface area contributed by atoms with E-state index in [9.17, 15) is 0 Å². The van der Waals surface area contributed by atoms with E-state index in [4.69, 9.17) is 9.47 Å². The second kappa shape index (κ2) is 13.5. The molecule has 1 aromatic carbocycles. The summed E-state index contributed by atoms with van der Waals surface area (Å²) in [5.74, 6) is 1.38. The molecule has 1 aromatic rings. The zero-order valence-corrected chi connectivity index (χ0v) is 21.0. The highest BCUT2D eigenvalue weighted by molar-refractivity contribution is 14.0. The number of halogens is 1. The first kappa shape index (κ1) is 25.4. The van der Waals surface area contributed by atoms with Crippen molar-refractivity contribution in [1.82, 2.24) is 15.5 Å². The number of aliphatic imine (C=N–C) groups is 1. The Balaban J connectivity index is 0.00000320. The van der Waals surface area contributed by atoms with Crippen LogP contribution in [0.3, 0.4) is 0 Å². The lowest BCUT2D eigenvalue weighted by molar-refractivity contribution is 0.0532. The van der Waals surface area contributed by atoms with Crippen molar-refractivity contribution in [2.75, 3.05) is 46.4 Å². The maximum atomic E-state index is 6.01. The van der Waals surface area contributed by atoms with E-state index in [1.807, 2.05) is 7.05 Å². The number of piperidine rings is 1. The third-order valence-electron chi connectivity index (χ3n) is 5.88. The molecule has 0 saturated carbocycles. The molecule has 2 N–H and O–H groups in total. The van der Waals surface area contributed by atoms with E-state index in [-0.39, 0.29) is 30.1 Å². The highest BCUT2D eigenvalue weighted by atomic mass is 127. The average molecular weight is 530 g/mol. The Labute approximate surface area is 199 Å². The van der Waals surface area contributed by atoms with Crippen LogP contribution in [0.25, 0.3) is 0 Å². The number of hydrogen-bond donors (Lipinski definition) is 2. The minimum absolute atomic E-state index is 0. The number of guanidine groups is 1. The van der Waals surface area contributed by atoms with Crippen LogP contribution in [0.1, 0.15) is 44.8 Å². The quantitative estimate of drug-likeness (QED) is 0.307. The van der Waals surface area contributed by atoms with Gasteiger partial charge in [0.05, 0.1) is 18.8 Å². The molecule has 0 amide bonds. The summed E-state index contributed by atoms with van der Waals surface area (Å²) in [6.45, 7) is 9.97. The zero-order chi connectivity index (χ0) is 20.5. The fraction of sp³-hybridized carbons (Fsp3) is 0.696. The van der Waals surface area contributed by atoms with Gasteiger partial charge in [-0.3, -0.25) is 4.99 Å². The monoisotopic (exact) mass is 530 g/mol. The maximum Gasteiger partial charge on any atom is 0.191 e. The van der Waals surface area contributed by atoms with E-state index in [0.717, 1.165) is 64.6 Å². The summed E-state index contributed by atoms with van der Waals surface area (Å²) in [6.07, 6.45) is 3.86. The maximum absolute atomic E-state index is 6.01. The molecule has 0 aromatic heterocycles. The van der Waals surface area contributed by atoms with Gasteiger partial charge in [-0.2, -0.15) is 0 Å². The summed E-state index contributed by atoms with van der Waals surface area (Å²) >= 11 is 0. The lowest BCUT2D eigenvalue weighted by Crippen LogP contribution is -2.49. The summed E-state index contributed by atoms with van der Waals surface area (Å²) in [7, 11) is 1.85. The number of nitrogens with zero attached hydrogens (tertiary/aromatic N) is 2. The van der Waals surface area contributed by atoms with Gasteiger partial charge in [0.15, 0.2) is 5.96 Å². The lowest BCUT2D eigenvalue weighted by atomic mass is 9.95. The zero-order valence-electron chi connectivity index (χ0n) is 18.7. The van der Waals surface area contributed by atoms with Crippen LogP contribution in [0.4, 0.5) is 0 Å². The molecule has 2 aliphatic rings. The SMILES string of the molecule is CN=C(NCC1CCOC1c1ccccc1)NC1CCN(CCOC(C)C)CC1.I. The summed E-state index contributed by atoms with van der Waals surface area (Å²) in [5, 5.41) is 7.16. The number of likely N-dealkylation sites (tertiary alicyclic amines) is 1. The molecule has 6 nitrogen and oxygen atoms in total. The van der Waals surface area contributed by atoms with Crippen molar-refractivity contribution in [1.29, 1.82) is 0 Å². The van der Waals surface area contributed by atoms with Crippen molar-refractivity contribution >= 4 is 29.9 Å². The Bertz CT molecular complexity index is 621. The van der Waals surface area contributed by atoms with Crippen LogP contribution in [0, 0.1) is 5.92 Å². The second-order valence-electron chi connectivity index (χ2n) is 8.38. The van der Waals surface area contributed by atoms with Crippen LogP contribution >= 0.6 is 24.0 Å². The number of benzene rings is 1. The Morgan fingerprint density at radius 1 is 1.20 bits per heavy atom. The predicted molar refractivity (Wildman–Crippen MR) is 134 cm³/mol. The molecule has 2 heterocycles. The van der Waals surface area contributed by atoms with Gasteiger partial charge in [-0.1, -0.05) is 30.3 Å². The van der Waals surface area contributed by atoms with Gasteiger partial charge in [0, 0.05) is 51.8 Å². The first-order chi connectivity index (χ1) is 14.2. The van der Waals surface area contributed by atoms with E-state index in [1.54, 1.807) is 0 Å². The van der Waals surface area contributed by atoms with Gasteiger partial charge in [-0.15, -0.1) is 24.0 Å². The highest BCUT2D eigenvalue weighted by Gasteiger charge is 2.29. The van der Waals surface area contributed by atoms with Crippen molar-refractivity contribution in [3.05, 3.63) is 35.9 Å². The number of rotatable bonds is 8.